The fraction of sp³-hybridized carbons (Fsp3) is 0.500. The van der Waals surface area contributed by atoms with Gasteiger partial charge in [-0.1, -0.05) is 25.4 Å². The first-order valence-corrected chi connectivity index (χ1v) is 6.69. The fourth-order valence-electron chi connectivity index (χ4n) is 1.92. The minimum atomic E-state index is -0.0931. The van der Waals surface area contributed by atoms with Crippen molar-refractivity contribution in [3.05, 3.63) is 21.6 Å². The van der Waals surface area contributed by atoms with E-state index < -0.39 is 0 Å². The maximum atomic E-state index is 6.09. The van der Waals surface area contributed by atoms with Gasteiger partial charge in [-0.25, -0.2) is 0 Å². The summed E-state index contributed by atoms with van der Waals surface area (Å²) in [7, 11) is 0. The van der Waals surface area contributed by atoms with Crippen molar-refractivity contribution in [1.82, 2.24) is 0 Å². The average Bonchev–Trinajstić information content (AvgIpc) is 2.30. The zero-order valence-electron chi connectivity index (χ0n) is 9.44. The van der Waals surface area contributed by atoms with E-state index in [9.17, 15) is 0 Å². The monoisotopic (exact) mass is 303 g/mol. The first kappa shape index (κ1) is 12.1. The number of hydrogen-bond donors (Lipinski definition) is 1. The van der Waals surface area contributed by atoms with Crippen molar-refractivity contribution >= 4 is 33.2 Å². The molecule has 1 heterocycles. The number of rotatable bonds is 2. The summed E-state index contributed by atoms with van der Waals surface area (Å²) in [5.74, 6) is 0.850. The largest absolute Gasteiger partial charge is 0.483 e. The molecule has 1 aliphatic rings. The predicted octanol–water partition coefficient (Wildman–Crippen LogP) is 4.47. The van der Waals surface area contributed by atoms with Crippen LogP contribution in [0.5, 0.6) is 5.75 Å². The summed E-state index contributed by atoms with van der Waals surface area (Å²) in [6.07, 6.45) is 1.98. The van der Waals surface area contributed by atoms with Gasteiger partial charge in [0, 0.05) is 10.5 Å². The van der Waals surface area contributed by atoms with E-state index in [1.165, 1.54) is 0 Å². The van der Waals surface area contributed by atoms with E-state index in [0.717, 1.165) is 35.3 Å². The highest BCUT2D eigenvalue weighted by Gasteiger charge is 2.33. The molecule has 1 aliphatic heterocycles. The van der Waals surface area contributed by atoms with Crippen molar-refractivity contribution in [3.8, 4) is 5.75 Å². The Kier molecular flexibility index (Phi) is 3.36. The second-order valence-electron chi connectivity index (χ2n) is 4.11. The van der Waals surface area contributed by atoms with Gasteiger partial charge in [0.05, 0.1) is 17.3 Å². The highest BCUT2D eigenvalue weighted by Crippen LogP contribution is 2.40. The number of halogens is 2. The molecule has 0 fully saturated rings. The molecule has 1 aromatic rings. The van der Waals surface area contributed by atoms with Crippen LogP contribution in [0, 0.1) is 0 Å². The highest BCUT2D eigenvalue weighted by atomic mass is 79.9. The van der Waals surface area contributed by atoms with Crippen LogP contribution in [0.15, 0.2) is 16.6 Å². The molecule has 1 aromatic carbocycles. The number of hydrogen-bond acceptors (Lipinski definition) is 2. The quantitative estimate of drug-likeness (QED) is 0.870. The Hall–Kier alpha value is -0.410. The van der Waals surface area contributed by atoms with Crippen LogP contribution in [0.2, 0.25) is 5.02 Å². The van der Waals surface area contributed by atoms with Crippen molar-refractivity contribution in [2.24, 2.45) is 0 Å². The Morgan fingerprint density at radius 1 is 1.44 bits per heavy atom. The van der Waals surface area contributed by atoms with Crippen LogP contribution in [0.4, 0.5) is 5.69 Å². The first-order chi connectivity index (χ1) is 7.60. The van der Waals surface area contributed by atoms with E-state index in [1.807, 2.05) is 12.1 Å². The van der Waals surface area contributed by atoms with Crippen LogP contribution in [-0.4, -0.2) is 12.1 Å². The highest BCUT2D eigenvalue weighted by molar-refractivity contribution is 9.10. The predicted molar refractivity (Wildman–Crippen MR) is 71.6 cm³/mol. The number of anilines is 1. The maximum Gasteiger partial charge on any atom is 0.144 e. The van der Waals surface area contributed by atoms with Crippen molar-refractivity contribution in [3.63, 3.8) is 0 Å². The Balaban J connectivity index is 2.36. The minimum Gasteiger partial charge on any atom is -0.483 e. The summed E-state index contributed by atoms with van der Waals surface area (Å²) in [5, 5.41) is 4.09. The van der Waals surface area contributed by atoms with Gasteiger partial charge in [0.25, 0.3) is 0 Å². The van der Waals surface area contributed by atoms with Crippen LogP contribution in [0.1, 0.15) is 26.7 Å². The third-order valence-corrected chi connectivity index (χ3v) is 4.44. The molecule has 0 saturated heterocycles. The van der Waals surface area contributed by atoms with Gasteiger partial charge in [0.15, 0.2) is 0 Å². The van der Waals surface area contributed by atoms with Crippen LogP contribution in [-0.2, 0) is 0 Å². The molecule has 0 atom stereocenters. The lowest BCUT2D eigenvalue weighted by molar-refractivity contribution is 0.0670. The van der Waals surface area contributed by atoms with Gasteiger partial charge >= 0.3 is 0 Å². The van der Waals surface area contributed by atoms with Crippen molar-refractivity contribution in [2.75, 3.05) is 11.9 Å². The Bertz CT molecular complexity index is 404. The smallest absolute Gasteiger partial charge is 0.144 e. The summed E-state index contributed by atoms with van der Waals surface area (Å²) >= 11 is 9.48. The molecular formula is C12H15BrClNO. The van der Waals surface area contributed by atoms with Crippen molar-refractivity contribution in [2.45, 2.75) is 32.3 Å². The molecule has 16 heavy (non-hydrogen) atoms. The molecule has 0 spiro atoms. The van der Waals surface area contributed by atoms with E-state index in [4.69, 9.17) is 16.3 Å². The lowest BCUT2D eigenvalue weighted by Gasteiger charge is -2.38. The van der Waals surface area contributed by atoms with Crippen LogP contribution in [0.25, 0.3) is 0 Å². The summed E-state index contributed by atoms with van der Waals surface area (Å²) in [6.45, 7) is 5.15. The summed E-state index contributed by atoms with van der Waals surface area (Å²) in [5.41, 5.74) is 0.915. The van der Waals surface area contributed by atoms with E-state index in [2.05, 4.69) is 35.1 Å². The number of ether oxygens (including phenoxy) is 1. The average molecular weight is 305 g/mol. The van der Waals surface area contributed by atoms with Crippen molar-refractivity contribution < 1.29 is 4.74 Å². The Labute approximate surface area is 109 Å². The number of fused-ring (bicyclic) bond motifs is 1. The minimum absolute atomic E-state index is 0.0931. The lowest BCUT2D eigenvalue weighted by Crippen LogP contribution is -2.44. The van der Waals surface area contributed by atoms with Crippen LogP contribution in [0.3, 0.4) is 0 Å². The van der Waals surface area contributed by atoms with E-state index >= 15 is 0 Å². The fourth-order valence-corrected chi connectivity index (χ4v) is 2.42. The molecule has 0 unspecified atom stereocenters. The van der Waals surface area contributed by atoms with Crippen LogP contribution >= 0.6 is 27.5 Å². The first-order valence-electron chi connectivity index (χ1n) is 5.52. The molecule has 1 N–H and O–H groups in total. The molecular weight excluding hydrogens is 289 g/mol. The maximum absolute atomic E-state index is 6.09. The molecule has 2 rings (SSSR count). The molecule has 0 aliphatic carbocycles. The molecule has 0 radical (unpaired) electrons. The molecule has 0 bridgehead atoms. The molecule has 88 valence electrons. The van der Waals surface area contributed by atoms with Gasteiger partial charge < -0.3 is 10.1 Å². The second kappa shape index (κ2) is 4.46. The van der Waals surface area contributed by atoms with Crippen LogP contribution < -0.4 is 10.1 Å². The Morgan fingerprint density at radius 3 is 2.75 bits per heavy atom. The van der Waals surface area contributed by atoms with Crippen molar-refractivity contribution in [1.29, 1.82) is 0 Å². The molecule has 0 saturated carbocycles. The zero-order valence-corrected chi connectivity index (χ0v) is 11.8. The van der Waals surface area contributed by atoms with Gasteiger partial charge in [0.2, 0.25) is 0 Å². The molecule has 2 nitrogen and oxygen atoms in total. The second-order valence-corrected chi connectivity index (χ2v) is 5.37. The number of nitrogens with one attached hydrogen (secondary N) is 1. The summed E-state index contributed by atoms with van der Waals surface area (Å²) in [6, 6.07) is 3.83. The molecule has 0 aromatic heterocycles. The van der Waals surface area contributed by atoms with Gasteiger partial charge in [-0.2, -0.15) is 0 Å². The molecule has 4 heteroatoms. The Morgan fingerprint density at radius 2 is 2.12 bits per heavy atom. The standard InChI is InChI=1S/C12H15BrClNO/c1-3-12(4-2)7-15-10-5-8(13)9(14)6-11(10)16-12/h5-6,15H,3-4,7H2,1-2H3. The van der Waals surface area contributed by atoms with E-state index in [1.54, 1.807) is 0 Å². The lowest BCUT2D eigenvalue weighted by atomic mass is 9.95. The number of benzene rings is 1. The zero-order chi connectivity index (χ0) is 11.8. The van der Waals surface area contributed by atoms with E-state index in [-0.39, 0.29) is 5.60 Å². The van der Waals surface area contributed by atoms with E-state index in [0.29, 0.717) is 5.02 Å². The SMILES string of the molecule is CCC1(CC)CNc2cc(Br)c(Cl)cc2O1. The summed E-state index contributed by atoms with van der Waals surface area (Å²) in [4.78, 5) is 0. The molecule has 0 amide bonds. The van der Waals surface area contributed by atoms with Gasteiger partial charge in [-0.05, 0) is 34.8 Å². The third-order valence-electron chi connectivity index (χ3n) is 3.24. The topological polar surface area (TPSA) is 21.3 Å². The van der Waals surface area contributed by atoms with Gasteiger partial charge in [0.1, 0.15) is 11.4 Å². The van der Waals surface area contributed by atoms with Gasteiger partial charge in [-0.15, -0.1) is 0 Å². The summed E-state index contributed by atoms with van der Waals surface area (Å²) < 4.78 is 6.98. The van der Waals surface area contributed by atoms with Gasteiger partial charge in [-0.3, -0.25) is 0 Å². The normalized spacial score (nSPS) is 17.2. The third kappa shape index (κ3) is 2.03.